The largest absolute Gasteiger partial charge is 0.385 e. The molecule has 1 aromatic heterocycles. The summed E-state index contributed by atoms with van der Waals surface area (Å²) in [7, 11) is -2.08. The first kappa shape index (κ1) is 20.7. The second kappa shape index (κ2) is 9.95. The number of carbonyl (C=O) groups is 1. The molecule has 0 aliphatic rings. The predicted molar refractivity (Wildman–Crippen MR) is 101 cm³/mol. The number of sulfonamides is 1. The molecule has 0 atom stereocenters. The molecule has 0 aliphatic heterocycles. The maximum atomic E-state index is 12.0. The molecule has 1 amide bonds. The van der Waals surface area contributed by atoms with Crippen molar-refractivity contribution < 1.29 is 17.9 Å². The van der Waals surface area contributed by atoms with Gasteiger partial charge < -0.3 is 15.4 Å². The minimum Gasteiger partial charge on any atom is -0.385 e. The molecule has 146 valence electrons. The molecule has 2 rings (SSSR count). The number of rotatable bonds is 10. The van der Waals surface area contributed by atoms with Crippen molar-refractivity contribution in [3.63, 3.8) is 0 Å². The van der Waals surface area contributed by atoms with Crippen molar-refractivity contribution in [3.8, 4) is 0 Å². The summed E-state index contributed by atoms with van der Waals surface area (Å²) < 4.78 is 27.4. The number of nitrogens with zero attached hydrogens (tertiary/aromatic N) is 2. The number of methoxy groups -OCH3 is 1. The molecule has 2 aromatic rings. The lowest BCUT2D eigenvalue weighted by atomic mass is 10.1. The van der Waals surface area contributed by atoms with E-state index in [1.165, 1.54) is 18.3 Å². The Morgan fingerprint density at radius 2 is 1.93 bits per heavy atom. The average Bonchev–Trinajstić information content (AvgIpc) is 2.65. The van der Waals surface area contributed by atoms with Gasteiger partial charge in [0, 0.05) is 33.0 Å². The Morgan fingerprint density at radius 3 is 2.59 bits per heavy atom. The molecule has 0 fully saturated rings. The van der Waals surface area contributed by atoms with E-state index in [-0.39, 0.29) is 16.5 Å². The van der Waals surface area contributed by atoms with Crippen molar-refractivity contribution >= 4 is 21.9 Å². The molecule has 4 N–H and O–H groups in total. The van der Waals surface area contributed by atoms with Gasteiger partial charge in [0.15, 0.2) is 0 Å². The minimum absolute atomic E-state index is 0.0757. The highest BCUT2D eigenvalue weighted by molar-refractivity contribution is 7.89. The van der Waals surface area contributed by atoms with E-state index in [0.29, 0.717) is 32.1 Å². The van der Waals surface area contributed by atoms with Crippen LogP contribution in [0.4, 0.5) is 5.95 Å². The molecule has 27 heavy (non-hydrogen) atoms. The quantitative estimate of drug-likeness (QED) is 0.501. The van der Waals surface area contributed by atoms with Gasteiger partial charge in [-0.3, -0.25) is 4.79 Å². The van der Waals surface area contributed by atoms with E-state index in [9.17, 15) is 13.2 Å². The van der Waals surface area contributed by atoms with Gasteiger partial charge in [0.25, 0.3) is 5.91 Å². The smallest absolute Gasteiger partial charge is 0.270 e. The van der Waals surface area contributed by atoms with Gasteiger partial charge in [0.1, 0.15) is 5.69 Å². The number of carbonyl (C=O) groups excluding carboxylic acids is 1. The van der Waals surface area contributed by atoms with Crippen LogP contribution in [0.2, 0.25) is 0 Å². The monoisotopic (exact) mass is 393 g/mol. The van der Waals surface area contributed by atoms with Gasteiger partial charge in [0.05, 0.1) is 4.90 Å². The third-order valence-electron chi connectivity index (χ3n) is 3.65. The fourth-order valence-electron chi connectivity index (χ4n) is 2.24. The van der Waals surface area contributed by atoms with Crippen molar-refractivity contribution in [2.45, 2.75) is 17.7 Å². The zero-order valence-corrected chi connectivity index (χ0v) is 15.8. The number of amides is 1. The van der Waals surface area contributed by atoms with Gasteiger partial charge in [-0.25, -0.2) is 23.5 Å². The van der Waals surface area contributed by atoms with E-state index in [2.05, 4.69) is 20.6 Å². The first-order chi connectivity index (χ1) is 12.9. The molecule has 0 spiro atoms. The van der Waals surface area contributed by atoms with Crippen molar-refractivity contribution in [1.29, 1.82) is 0 Å². The van der Waals surface area contributed by atoms with Gasteiger partial charge in [0.2, 0.25) is 16.0 Å². The second-order valence-electron chi connectivity index (χ2n) is 5.73. The summed E-state index contributed by atoms with van der Waals surface area (Å²) in [5, 5.41) is 10.9. The van der Waals surface area contributed by atoms with Crippen LogP contribution in [0.1, 0.15) is 22.5 Å². The summed E-state index contributed by atoms with van der Waals surface area (Å²) in [5.74, 6) is 0.0795. The number of primary sulfonamides is 1. The summed E-state index contributed by atoms with van der Waals surface area (Å²) in [6, 6.07) is 7.88. The van der Waals surface area contributed by atoms with Gasteiger partial charge >= 0.3 is 0 Å². The molecule has 0 unspecified atom stereocenters. The van der Waals surface area contributed by atoms with Crippen LogP contribution < -0.4 is 15.8 Å². The maximum absolute atomic E-state index is 12.0. The summed E-state index contributed by atoms with van der Waals surface area (Å²) in [5.41, 5.74) is 1.21. The maximum Gasteiger partial charge on any atom is 0.270 e. The molecule has 10 heteroatoms. The Hall–Kier alpha value is -2.56. The standard InChI is InChI=1S/C17H23N5O4S/c1-26-12-2-9-19-16(23)15-8-11-21-17(22-15)20-10-7-13-3-5-14(6-4-13)27(18,24)25/h3-6,8,11H,2,7,9-10,12H2,1H3,(H,19,23)(H2,18,24,25)(H,20,21,22). The summed E-state index contributed by atoms with van der Waals surface area (Å²) >= 11 is 0. The van der Waals surface area contributed by atoms with E-state index in [0.717, 1.165) is 12.0 Å². The Bertz CT molecular complexity index is 856. The van der Waals surface area contributed by atoms with E-state index in [1.807, 2.05) is 0 Å². The van der Waals surface area contributed by atoms with Gasteiger partial charge in [-0.1, -0.05) is 12.1 Å². The number of nitrogens with two attached hydrogens (primary N) is 1. The van der Waals surface area contributed by atoms with E-state index in [4.69, 9.17) is 9.88 Å². The number of ether oxygens (including phenoxy) is 1. The molecular formula is C17H23N5O4S. The Labute approximate surface area is 158 Å². The number of hydrogen-bond donors (Lipinski definition) is 3. The summed E-state index contributed by atoms with van der Waals surface area (Å²) in [4.78, 5) is 20.4. The van der Waals surface area contributed by atoms with Crippen LogP contribution in [0.5, 0.6) is 0 Å². The number of aromatic nitrogens is 2. The van der Waals surface area contributed by atoms with Crippen molar-refractivity contribution in [2.24, 2.45) is 5.14 Å². The van der Waals surface area contributed by atoms with Crippen LogP contribution in [-0.2, 0) is 21.2 Å². The Morgan fingerprint density at radius 1 is 1.19 bits per heavy atom. The summed E-state index contributed by atoms with van der Waals surface area (Å²) in [6.07, 6.45) is 2.87. The zero-order valence-electron chi connectivity index (χ0n) is 15.0. The Kier molecular flexibility index (Phi) is 7.65. The topological polar surface area (TPSA) is 136 Å². The number of anilines is 1. The predicted octanol–water partition coefficient (Wildman–Crippen LogP) is 0.545. The first-order valence-corrected chi connectivity index (χ1v) is 9.90. The van der Waals surface area contributed by atoms with Crippen LogP contribution in [0.3, 0.4) is 0 Å². The molecule has 0 aliphatic carbocycles. The molecule has 0 saturated heterocycles. The number of nitrogens with one attached hydrogen (secondary N) is 2. The molecule has 9 nitrogen and oxygen atoms in total. The molecule has 0 saturated carbocycles. The first-order valence-electron chi connectivity index (χ1n) is 8.36. The van der Waals surface area contributed by atoms with Crippen LogP contribution in [0.15, 0.2) is 41.4 Å². The van der Waals surface area contributed by atoms with Gasteiger partial charge in [-0.15, -0.1) is 0 Å². The van der Waals surface area contributed by atoms with Crippen LogP contribution in [0, 0.1) is 0 Å². The molecule has 0 bridgehead atoms. The lowest BCUT2D eigenvalue weighted by Crippen LogP contribution is -2.26. The minimum atomic E-state index is -3.69. The molecular weight excluding hydrogens is 370 g/mol. The fourth-order valence-corrected chi connectivity index (χ4v) is 2.76. The summed E-state index contributed by atoms with van der Waals surface area (Å²) in [6.45, 7) is 1.61. The van der Waals surface area contributed by atoms with Crippen molar-refractivity contribution in [3.05, 3.63) is 47.8 Å². The third-order valence-corrected chi connectivity index (χ3v) is 4.58. The van der Waals surface area contributed by atoms with Crippen LogP contribution >= 0.6 is 0 Å². The highest BCUT2D eigenvalue weighted by Crippen LogP contribution is 2.09. The zero-order chi connectivity index (χ0) is 19.7. The van der Waals surface area contributed by atoms with Crippen LogP contribution in [-0.4, -0.2) is 51.1 Å². The number of benzene rings is 1. The Balaban J connectivity index is 1.85. The third kappa shape index (κ3) is 6.93. The lowest BCUT2D eigenvalue weighted by Gasteiger charge is -2.08. The van der Waals surface area contributed by atoms with Gasteiger partial charge in [-0.05, 0) is 36.6 Å². The lowest BCUT2D eigenvalue weighted by molar-refractivity contribution is 0.0943. The van der Waals surface area contributed by atoms with Crippen LogP contribution in [0.25, 0.3) is 0 Å². The second-order valence-corrected chi connectivity index (χ2v) is 7.29. The average molecular weight is 393 g/mol. The fraction of sp³-hybridized carbons (Fsp3) is 0.353. The molecule has 1 heterocycles. The number of hydrogen-bond acceptors (Lipinski definition) is 7. The SMILES string of the molecule is COCCCNC(=O)c1ccnc(NCCc2ccc(S(N)(=O)=O)cc2)n1. The molecule has 1 aromatic carbocycles. The van der Waals surface area contributed by atoms with E-state index >= 15 is 0 Å². The van der Waals surface area contributed by atoms with Crippen molar-refractivity contribution in [1.82, 2.24) is 15.3 Å². The van der Waals surface area contributed by atoms with Gasteiger partial charge in [-0.2, -0.15) is 0 Å². The van der Waals surface area contributed by atoms with E-state index < -0.39 is 10.0 Å². The normalized spacial score (nSPS) is 11.2. The highest BCUT2D eigenvalue weighted by Gasteiger charge is 2.09. The molecule has 0 radical (unpaired) electrons. The van der Waals surface area contributed by atoms with E-state index in [1.54, 1.807) is 25.3 Å². The van der Waals surface area contributed by atoms with Crippen molar-refractivity contribution in [2.75, 3.05) is 32.1 Å². The highest BCUT2D eigenvalue weighted by atomic mass is 32.2.